The van der Waals surface area contributed by atoms with Gasteiger partial charge in [-0.05, 0) is 24.1 Å². The summed E-state index contributed by atoms with van der Waals surface area (Å²) < 4.78 is 10.8. The number of carboxylic acid groups (broad SMARTS) is 1. The number of likely N-dealkylation sites (tertiary alicyclic amines) is 1. The number of nitrogens with zero attached hydrogens (tertiary/aromatic N) is 1. The van der Waals surface area contributed by atoms with Crippen molar-refractivity contribution < 1.29 is 24.2 Å². The molecular weight excluding hydrogens is 370 g/mol. The van der Waals surface area contributed by atoms with E-state index in [2.05, 4.69) is 6.58 Å². The van der Waals surface area contributed by atoms with Gasteiger partial charge in [0.05, 0.1) is 20.1 Å². The van der Waals surface area contributed by atoms with Crippen LogP contribution in [0.4, 0.5) is 0 Å². The summed E-state index contributed by atoms with van der Waals surface area (Å²) in [6, 6.07) is 12.9. The van der Waals surface area contributed by atoms with Gasteiger partial charge >= 0.3 is 5.97 Å². The van der Waals surface area contributed by atoms with Crippen LogP contribution < -0.4 is 9.47 Å². The van der Waals surface area contributed by atoms with Crippen LogP contribution in [0.5, 0.6) is 11.5 Å². The predicted molar refractivity (Wildman–Crippen MR) is 110 cm³/mol. The minimum absolute atomic E-state index is 0.166. The first kappa shape index (κ1) is 20.5. The molecule has 0 aromatic heterocycles. The molecule has 2 atom stereocenters. The molecule has 0 saturated carbocycles. The van der Waals surface area contributed by atoms with Crippen LogP contribution in [0.25, 0.3) is 0 Å². The number of hydrogen-bond donors (Lipinski definition) is 1. The molecule has 1 fully saturated rings. The van der Waals surface area contributed by atoms with E-state index < -0.39 is 11.9 Å². The first-order chi connectivity index (χ1) is 14.0. The van der Waals surface area contributed by atoms with Gasteiger partial charge in [0.25, 0.3) is 5.91 Å². The van der Waals surface area contributed by atoms with Crippen molar-refractivity contribution in [1.82, 2.24) is 4.90 Å². The Morgan fingerprint density at radius 2 is 1.90 bits per heavy atom. The zero-order valence-electron chi connectivity index (χ0n) is 16.6. The topological polar surface area (TPSA) is 76.1 Å². The van der Waals surface area contributed by atoms with Crippen molar-refractivity contribution in [3.05, 3.63) is 71.8 Å². The third kappa shape index (κ3) is 4.11. The third-order valence-corrected chi connectivity index (χ3v) is 5.32. The Kier molecular flexibility index (Phi) is 6.22. The van der Waals surface area contributed by atoms with Gasteiger partial charge in [0.15, 0.2) is 11.5 Å². The highest BCUT2D eigenvalue weighted by Gasteiger charge is 2.40. The van der Waals surface area contributed by atoms with Crippen molar-refractivity contribution in [2.75, 3.05) is 27.3 Å². The highest BCUT2D eigenvalue weighted by atomic mass is 16.5. The first-order valence-electron chi connectivity index (χ1n) is 9.43. The quantitative estimate of drug-likeness (QED) is 0.728. The van der Waals surface area contributed by atoms with Crippen LogP contribution in [0, 0.1) is 5.92 Å². The predicted octanol–water partition coefficient (Wildman–Crippen LogP) is 3.37. The van der Waals surface area contributed by atoms with Gasteiger partial charge in [-0.15, -0.1) is 6.58 Å². The van der Waals surface area contributed by atoms with E-state index >= 15 is 0 Å². The molecule has 152 valence electrons. The number of benzene rings is 2. The second kappa shape index (κ2) is 8.82. The summed E-state index contributed by atoms with van der Waals surface area (Å²) in [5.74, 6) is -0.978. The van der Waals surface area contributed by atoms with Gasteiger partial charge in [0.1, 0.15) is 0 Å². The van der Waals surface area contributed by atoms with Crippen LogP contribution in [0.3, 0.4) is 0 Å². The Bertz CT molecular complexity index is 909. The molecular formula is C23H25NO5. The molecule has 1 aliphatic heterocycles. The van der Waals surface area contributed by atoms with E-state index in [0.717, 1.165) is 11.1 Å². The second-order valence-electron chi connectivity index (χ2n) is 7.04. The van der Waals surface area contributed by atoms with E-state index in [0.29, 0.717) is 30.0 Å². The Morgan fingerprint density at radius 1 is 1.17 bits per heavy atom. The summed E-state index contributed by atoms with van der Waals surface area (Å²) in [6.45, 7) is 4.27. The number of methoxy groups -OCH3 is 2. The zero-order valence-corrected chi connectivity index (χ0v) is 16.6. The van der Waals surface area contributed by atoms with Crippen molar-refractivity contribution in [1.29, 1.82) is 0 Å². The average molecular weight is 395 g/mol. The number of carbonyl (C=O) groups excluding carboxylic acids is 1. The molecule has 6 heteroatoms. The lowest BCUT2D eigenvalue weighted by Crippen LogP contribution is -2.30. The molecule has 1 heterocycles. The Labute approximate surface area is 170 Å². The van der Waals surface area contributed by atoms with Crippen LogP contribution >= 0.6 is 0 Å². The van der Waals surface area contributed by atoms with Gasteiger partial charge in [0.2, 0.25) is 0 Å². The highest BCUT2D eigenvalue weighted by Crippen LogP contribution is 2.36. The van der Waals surface area contributed by atoms with Crippen LogP contribution in [0.2, 0.25) is 0 Å². The summed E-state index contributed by atoms with van der Waals surface area (Å²) in [7, 11) is 3.07. The molecule has 29 heavy (non-hydrogen) atoms. The molecule has 2 aromatic carbocycles. The van der Waals surface area contributed by atoms with Gasteiger partial charge in [0, 0.05) is 30.1 Å². The van der Waals surface area contributed by atoms with E-state index in [1.807, 2.05) is 30.3 Å². The fraction of sp³-hybridized carbons (Fsp3) is 0.304. The van der Waals surface area contributed by atoms with Gasteiger partial charge in [-0.2, -0.15) is 0 Å². The maximum Gasteiger partial charge on any atom is 0.308 e. The molecule has 0 spiro atoms. The Balaban J connectivity index is 1.93. The van der Waals surface area contributed by atoms with Crippen molar-refractivity contribution in [3.63, 3.8) is 0 Å². The molecule has 6 nitrogen and oxygen atoms in total. The largest absolute Gasteiger partial charge is 0.493 e. The molecule has 0 radical (unpaired) electrons. The molecule has 1 amide bonds. The lowest BCUT2D eigenvalue weighted by molar-refractivity contribution is -0.141. The van der Waals surface area contributed by atoms with Crippen molar-refractivity contribution in [2.24, 2.45) is 5.92 Å². The maximum atomic E-state index is 13.2. The zero-order chi connectivity index (χ0) is 21.0. The summed E-state index contributed by atoms with van der Waals surface area (Å²) in [4.78, 5) is 26.7. The van der Waals surface area contributed by atoms with E-state index in [-0.39, 0.29) is 18.4 Å². The molecule has 2 aromatic rings. The summed E-state index contributed by atoms with van der Waals surface area (Å²) in [6.07, 6.45) is 2.25. The molecule has 3 rings (SSSR count). The van der Waals surface area contributed by atoms with Crippen molar-refractivity contribution in [2.45, 2.75) is 12.3 Å². The lowest BCUT2D eigenvalue weighted by Gasteiger charge is -2.19. The minimum Gasteiger partial charge on any atom is -0.493 e. The second-order valence-corrected chi connectivity index (χ2v) is 7.04. The molecule has 0 aliphatic carbocycles. The monoisotopic (exact) mass is 395 g/mol. The number of amides is 1. The van der Waals surface area contributed by atoms with Gasteiger partial charge in [-0.1, -0.05) is 36.4 Å². The number of carboxylic acids is 1. The fourth-order valence-corrected chi connectivity index (χ4v) is 3.91. The molecule has 2 unspecified atom stereocenters. The van der Waals surface area contributed by atoms with E-state index in [1.54, 1.807) is 30.2 Å². The average Bonchev–Trinajstić information content (AvgIpc) is 3.19. The molecule has 1 N–H and O–H groups in total. The summed E-state index contributed by atoms with van der Waals surface area (Å²) >= 11 is 0. The van der Waals surface area contributed by atoms with Gasteiger partial charge in [-0.3, -0.25) is 9.59 Å². The van der Waals surface area contributed by atoms with Crippen LogP contribution in [0.1, 0.15) is 27.4 Å². The fourth-order valence-electron chi connectivity index (χ4n) is 3.91. The van der Waals surface area contributed by atoms with Crippen LogP contribution in [-0.2, 0) is 11.2 Å². The van der Waals surface area contributed by atoms with Crippen molar-refractivity contribution in [3.8, 4) is 11.5 Å². The number of hydrogen-bond acceptors (Lipinski definition) is 4. The molecule has 1 saturated heterocycles. The standard InChI is InChI=1S/C23H25NO5/c1-4-8-16-11-17(12-20(28-2)21(16)29-3)22(25)24-13-18(19(14-24)23(26)27)15-9-6-5-7-10-15/h4-7,9-12,18-19H,1,8,13-14H2,2-3H3,(H,26,27). The van der Waals surface area contributed by atoms with E-state index in [9.17, 15) is 14.7 Å². The summed E-state index contributed by atoms with van der Waals surface area (Å²) in [5.41, 5.74) is 2.16. The third-order valence-electron chi connectivity index (χ3n) is 5.32. The highest BCUT2D eigenvalue weighted by molar-refractivity contribution is 5.96. The number of aliphatic carboxylic acids is 1. The summed E-state index contributed by atoms with van der Waals surface area (Å²) in [5, 5.41) is 9.69. The molecule has 0 bridgehead atoms. The van der Waals surface area contributed by atoms with Crippen LogP contribution in [-0.4, -0.2) is 49.2 Å². The number of carbonyl (C=O) groups is 2. The minimum atomic E-state index is -0.895. The van der Waals surface area contributed by atoms with Crippen LogP contribution in [0.15, 0.2) is 55.1 Å². The molecule has 1 aliphatic rings. The van der Waals surface area contributed by atoms with Gasteiger partial charge in [-0.25, -0.2) is 0 Å². The number of allylic oxidation sites excluding steroid dienone is 1. The first-order valence-corrected chi connectivity index (χ1v) is 9.43. The number of ether oxygens (including phenoxy) is 2. The van der Waals surface area contributed by atoms with Gasteiger partial charge < -0.3 is 19.5 Å². The van der Waals surface area contributed by atoms with Crippen molar-refractivity contribution >= 4 is 11.9 Å². The Hall–Kier alpha value is -3.28. The Morgan fingerprint density at radius 3 is 2.48 bits per heavy atom. The lowest BCUT2D eigenvalue weighted by atomic mass is 9.89. The smallest absolute Gasteiger partial charge is 0.308 e. The normalized spacial score (nSPS) is 18.3. The van der Waals surface area contributed by atoms with E-state index in [1.165, 1.54) is 7.11 Å². The number of rotatable bonds is 7. The van der Waals surface area contributed by atoms with E-state index in [4.69, 9.17) is 9.47 Å². The SMILES string of the molecule is C=CCc1cc(C(=O)N2CC(C(=O)O)C(c3ccccc3)C2)cc(OC)c1OC. The maximum absolute atomic E-state index is 13.2.